The molecule has 0 saturated heterocycles. The molecule has 0 aliphatic heterocycles. The summed E-state index contributed by atoms with van der Waals surface area (Å²) in [5, 5.41) is 9.55. The average molecular weight is 289 g/mol. The fourth-order valence-electron chi connectivity index (χ4n) is 2.71. The Morgan fingerprint density at radius 1 is 1.38 bits per heavy atom. The van der Waals surface area contributed by atoms with Crippen LogP contribution in [0.2, 0.25) is 0 Å². The van der Waals surface area contributed by atoms with Gasteiger partial charge in [0.2, 0.25) is 0 Å². The highest BCUT2D eigenvalue weighted by molar-refractivity contribution is 5.83. The Kier molecular flexibility index (Phi) is 4.02. The minimum absolute atomic E-state index is 0.104. The third-order valence-corrected chi connectivity index (χ3v) is 3.63. The molecule has 0 fully saturated rings. The molecule has 5 heteroatoms. The first-order valence-electron chi connectivity index (χ1n) is 6.80. The second kappa shape index (κ2) is 5.60. The van der Waals surface area contributed by atoms with Crippen molar-refractivity contribution in [2.24, 2.45) is 0 Å². The smallest absolute Gasteiger partial charge is 0.308 e. The van der Waals surface area contributed by atoms with Crippen LogP contribution in [-0.2, 0) is 11.2 Å². The van der Waals surface area contributed by atoms with Crippen molar-refractivity contribution in [1.82, 2.24) is 4.57 Å². The van der Waals surface area contributed by atoms with Gasteiger partial charge >= 0.3 is 5.97 Å². The van der Waals surface area contributed by atoms with E-state index in [0.717, 1.165) is 5.52 Å². The summed E-state index contributed by atoms with van der Waals surface area (Å²) in [6, 6.07) is 5.33. The van der Waals surface area contributed by atoms with Gasteiger partial charge in [0.15, 0.2) is 5.43 Å². The zero-order chi connectivity index (χ0) is 15.7. The van der Waals surface area contributed by atoms with Crippen molar-refractivity contribution >= 4 is 16.9 Å². The van der Waals surface area contributed by atoms with Crippen LogP contribution in [0.4, 0.5) is 0 Å². The highest BCUT2D eigenvalue weighted by atomic mass is 16.5. The molecule has 5 nitrogen and oxygen atoms in total. The summed E-state index contributed by atoms with van der Waals surface area (Å²) in [5.74, 6) is -0.333. The van der Waals surface area contributed by atoms with Crippen LogP contribution in [0, 0.1) is 6.92 Å². The Hall–Kier alpha value is -2.30. The number of methoxy groups -OCH3 is 1. The maximum atomic E-state index is 12.5. The van der Waals surface area contributed by atoms with Crippen LogP contribution in [-0.4, -0.2) is 22.8 Å². The fraction of sp³-hybridized carbons (Fsp3) is 0.375. The number of nitrogens with zero attached hydrogens (tertiary/aromatic N) is 1. The van der Waals surface area contributed by atoms with Gasteiger partial charge in [-0.3, -0.25) is 9.59 Å². The molecule has 0 saturated carbocycles. The van der Waals surface area contributed by atoms with Gasteiger partial charge in [-0.05, 0) is 32.9 Å². The number of pyridine rings is 1. The van der Waals surface area contributed by atoms with E-state index in [-0.39, 0.29) is 17.9 Å². The van der Waals surface area contributed by atoms with Crippen molar-refractivity contribution in [2.45, 2.75) is 33.2 Å². The monoisotopic (exact) mass is 289 g/mol. The van der Waals surface area contributed by atoms with Crippen molar-refractivity contribution in [3.63, 3.8) is 0 Å². The molecule has 0 amide bonds. The molecule has 0 spiro atoms. The first kappa shape index (κ1) is 15.1. The summed E-state index contributed by atoms with van der Waals surface area (Å²) in [7, 11) is 1.57. The molecule has 0 radical (unpaired) electrons. The molecule has 1 aromatic heterocycles. The van der Waals surface area contributed by atoms with Gasteiger partial charge in [0.1, 0.15) is 5.75 Å². The van der Waals surface area contributed by atoms with E-state index < -0.39 is 5.97 Å². The van der Waals surface area contributed by atoms with E-state index in [1.165, 1.54) is 0 Å². The number of benzene rings is 1. The van der Waals surface area contributed by atoms with Crippen LogP contribution >= 0.6 is 0 Å². The van der Waals surface area contributed by atoms with Crippen molar-refractivity contribution in [1.29, 1.82) is 0 Å². The minimum atomic E-state index is -1.00. The zero-order valence-corrected chi connectivity index (χ0v) is 12.6. The summed E-state index contributed by atoms with van der Waals surface area (Å²) in [5.41, 5.74) is 1.58. The van der Waals surface area contributed by atoms with E-state index in [1.807, 2.05) is 24.5 Å². The number of carboxylic acids is 1. The van der Waals surface area contributed by atoms with Crippen molar-refractivity contribution in [3.8, 4) is 5.75 Å². The van der Waals surface area contributed by atoms with Gasteiger partial charge in [0.05, 0.1) is 19.0 Å². The number of hydrogen-bond acceptors (Lipinski definition) is 3. The molecule has 21 heavy (non-hydrogen) atoms. The average Bonchev–Trinajstić information content (AvgIpc) is 2.42. The summed E-state index contributed by atoms with van der Waals surface area (Å²) >= 11 is 0. The minimum Gasteiger partial charge on any atom is -0.497 e. The topological polar surface area (TPSA) is 68.5 Å². The standard InChI is InChI=1S/C16H19NO4/c1-9(2)17-10(3)13(8-15(18)19)16(20)12-6-5-11(21-4)7-14(12)17/h5-7,9H,8H2,1-4H3,(H,18,19). The van der Waals surface area contributed by atoms with Crippen molar-refractivity contribution < 1.29 is 14.6 Å². The van der Waals surface area contributed by atoms with Gasteiger partial charge in [-0.25, -0.2) is 0 Å². The van der Waals surface area contributed by atoms with E-state index in [2.05, 4.69) is 0 Å². The summed E-state index contributed by atoms with van der Waals surface area (Å²) in [4.78, 5) is 23.6. The third-order valence-electron chi connectivity index (χ3n) is 3.63. The maximum Gasteiger partial charge on any atom is 0.308 e. The van der Waals surface area contributed by atoms with Crippen LogP contribution in [0.1, 0.15) is 31.1 Å². The molecule has 1 aromatic carbocycles. The second-order valence-corrected chi connectivity index (χ2v) is 5.31. The molecule has 0 aliphatic carbocycles. The van der Waals surface area contributed by atoms with Gasteiger partial charge in [-0.1, -0.05) is 0 Å². The lowest BCUT2D eigenvalue weighted by atomic mass is 10.0. The first-order valence-corrected chi connectivity index (χ1v) is 6.80. The largest absolute Gasteiger partial charge is 0.497 e. The quantitative estimate of drug-likeness (QED) is 0.939. The Labute approximate surface area is 122 Å². The Morgan fingerprint density at radius 3 is 2.57 bits per heavy atom. The number of carbonyl (C=O) groups is 1. The zero-order valence-electron chi connectivity index (χ0n) is 12.6. The second-order valence-electron chi connectivity index (χ2n) is 5.31. The molecular formula is C16H19NO4. The molecule has 0 unspecified atom stereocenters. The lowest BCUT2D eigenvalue weighted by Crippen LogP contribution is -2.22. The number of fused-ring (bicyclic) bond motifs is 1. The van der Waals surface area contributed by atoms with E-state index in [4.69, 9.17) is 9.84 Å². The molecule has 112 valence electrons. The maximum absolute atomic E-state index is 12.5. The van der Waals surface area contributed by atoms with Crippen molar-refractivity contribution in [2.75, 3.05) is 7.11 Å². The van der Waals surface area contributed by atoms with Gasteiger partial charge in [-0.2, -0.15) is 0 Å². The van der Waals surface area contributed by atoms with E-state index in [1.54, 1.807) is 26.2 Å². The van der Waals surface area contributed by atoms with Gasteiger partial charge in [0, 0.05) is 28.8 Å². The molecule has 1 heterocycles. The van der Waals surface area contributed by atoms with Crippen LogP contribution in [0.3, 0.4) is 0 Å². The normalized spacial score (nSPS) is 11.1. The van der Waals surface area contributed by atoms with Gasteiger partial charge in [0.25, 0.3) is 0 Å². The number of rotatable bonds is 4. The van der Waals surface area contributed by atoms with Crippen LogP contribution < -0.4 is 10.2 Å². The Bertz CT molecular complexity index is 759. The Balaban J connectivity index is 2.91. The lowest BCUT2D eigenvalue weighted by molar-refractivity contribution is -0.136. The van der Waals surface area contributed by atoms with Crippen LogP contribution in [0.25, 0.3) is 10.9 Å². The third kappa shape index (κ3) is 2.63. The summed E-state index contributed by atoms with van der Waals surface area (Å²) < 4.78 is 7.21. The number of ether oxygens (including phenoxy) is 1. The predicted molar refractivity (Wildman–Crippen MR) is 81.2 cm³/mol. The molecule has 0 bridgehead atoms. The number of carboxylic acid groups (broad SMARTS) is 1. The molecule has 2 aromatic rings. The molecule has 0 atom stereocenters. The lowest BCUT2D eigenvalue weighted by Gasteiger charge is -2.21. The predicted octanol–water partition coefficient (Wildman–Crippen LogP) is 2.53. The van der Waals surface area contributed by atoms with Crippen molar-refractivity contribution in [3.05, 3.63) is 39.7 Å². The van der Waals surface area contributed by atoms with E-state index >= 15 is 0 Å². The van der Waals surface area contributed by atoms with Crippen LogP contribution in [0.5, 0.6) is 5.75 Å². The van der Waals surface area contributed by atoms with E-state index in [0.29, 0.717) is 22.4 Å². The van der Waals surface area contributed by atoms with Gasteiger partial charge in [-0.15, -0.1) is 0 Å². The SMILES string of the molecule is COc1ccc2c(=O)c(CC(=O)O)c(C)n(C(C)C)c2c1. The highest BCUT2D eigenvalue weighted by Crippen LogP contribution is 2.24. The van der Waals surface area contributed by atoms with E-state index in [9.17, 15) is 9.59 Å². The van der Waals surface area contributed by atoms with Gasteiger partial charge < -0.3 is 14.4 Å². The molecule has 2 rings (SSSR count). The first-order chi connectivity index (χ1) is 9.86. The molecular weight excluding hydrogens is 270 g/mol. The number of aliphatic carboxylic acids is 1. The molecule has 0 aliphatic rings. The summed E-state index contributed by atoms with van der Waals surface area (Å²) in [6.07, 6.45) is -0.265. The summed E-state index contributed by atoms with van der Waals surface area (Å²) in [6.45, 7) is 5.79. The number of hydrogen-bond donors (Lipinski definition) is 1. The number of aromatic nitrogens is 1. The fourth-order valence-corrected chi connectivity index (χ4v) is 2.71. The molecule has 1 N–H and O–H groups in total. The Morgan fingerprint density at radius 2 is 2.05 bits per heavy atom. The van der Waals surface area contributed by atoms with Crippen LogP contribution in [0.15, 0.2) is 23.0 Å². The highest BCUT2D eigenvalue weighted by Gasteiger charge is 2.18.